The Morgan fingerprint density at radius 2 is 1.72 bits per heavy atom. The van der Waals surface area contributed by atoms with Crippen LogP contribution in [-0.2, 0) is 10.0 Å². The van der Waals surface area contributed by atoms with Crippen molar-refractivity contribution in [2.24, 2.45) is 0 Å². The summed E-state index contributed by atoms with van der Waals surface area (Å²) < 4.78 is 40.4. The molecule has 0 aliphatic heterocycles. The molecule has 3 N–H and O–H groups in total. The summed E-state index contributed by atoms with van der Waals surface area (Å²) in [5.74, 6) is -0.505. The molecule has 132 valence electrons. The van der Waals surface area contributed by atoms with E-state index in [0.29, 0.717) is 23.0 Å². The molecule has 5 nitrogen and oxygen atoms in total. The van der Waals surface area contributed by atoms with Crippen LogP contribution in [-0.4, -0.2) is 20.1 Å². The van der Waals surface area contributed by atoms with Gasteiger partial charge in [0.1, 0.15) is 5.82 Å². The summed E-state index contributed by atoms with van der Waals surface area (Å²) in [5.41, 5.74) is 1.73. The van der Waals surface area contributed by atoms with Crippen LogP contribution in [0.2, 0.25) is 0 Å². The average molecular weight is 379 g/mol. The Hall–Kier alpha value is -2.45. The molecule has 2 aromatic rings. The third-order valence-electron chi connectivity index (χ3n) is 3.09. The Bertz CT molecular complexity index is 881. The van der Waals surface area contributed by atoms with E-state index in [2.05, 4.69) is 21.9 Å². The van der Waals surface area contributed by atoms with Crippen LogP contribution in [0.1, 0.15) is 6.92 Å². The maximum Gasteiger partial charge on any atom is 0.261 e. The van der Waals surface area contributed by atoms with Crippen molar-refractivity contribution in [3.63, 3.8) is 0 Å². The third-order valence-corrected chi connectivity index (χ3v) is 4.72. The van der Waals surface area contributed by atoms with Gasteiger partial charge in [0.25, 0.3) is 10.0 Å². The van der Waals surface area contributed by atoms with Gasteiger partial charge in [0, 0.05) is 6.54 Å². The smallest absolute Gasteiger partial charge is 0.261 e. The van der Waals surface area contributed by atoms with Gasteiger partial charge in [-0.05, 0) is 55.5 Å². The molecule has 2 aromatic carbocycles. The highest BCUT2D eigenvalue weighted by molar-refractivity contribution is 7.92. The topological polar surface area (TPSA) is 70.2 Å². The fourth-order valence-corrected chi connectivity index (χ4v) is 3.16. The van der Waals surface area contributed by atoms with Crippen molar-refractivity contribution >= 4 is 38.7 Å². The van der Waals surface area contributed by atoms with Crippen molar-refractivity contribution in [2.45, 2.75) is 11.8 Å². The summed E-state index contributed by atoms with van der Waals surface area (Å²) in [6.45, 7) is 6.14. The first kappa shape index (κ1) is 18.9. The molecule has 0 spiro atoms. The number of sulfonamides is 1. The predicted molar refractivity (Wildman–Crippen MR) is 103 cm³/mol. The number of thiocarbonyl (C=S) groups is 1. The van der Waals surface area contributed by atoms with E-state index in [1.807, 2.05) is 6.92 Å². The molecule has 0 bridgehead atoms. The van der Waals surface area contributed by atoms with Crippen LogP contribution < -0.4 is 15.4 Å². The number of hydrogen-bond donors (Lipinski definition) is 3. The summed E-state index contributed by atoms with van der Waals surface area (Å²) >= 11 is 5.18. The van der Waals surface area contributed by atoms with Crippen LogP contribution in [0, 0.1) is 5.82 Å². The predicted octanol–water partition coefficient (Wildman–Crippen LogP) is 3.49. The number of nitrogens with one attached hydrogen (secondary N) is 3. The quantitative estimate of drug-likeness (QED) is 0.529. The molecule has 0 aliphatic carbocycles. The monoisotopic (exact) mass is 379 g/mol. The van der Waals surface area contributed by atoms with Gasteiger partial charge >= 0.3 is 0 Å². The Labute approximate surface area is 152 Å². The van der Waals surface area contributed by atoms with E-state index >= 15 is 0 Å². The van der Waals surface area contributed by atoms with Crippen LogP contribution in [0.15, 0.2) is 65.6 Å². The van der Waals surface area contributed by atoms with Gasteiger partial charge in [0.2, 0.25) is 0 Å². The van der Waals surface area contributed by atoms with Crippen molar-refractivity contribution in [3.8, 4) is 0 Å². The SMILES string of the molecule is C=C(C)CNC(=S)Nc1ccccc1NS(=O)(=O)c1ccc(F)cc1. The average Bonchev–Trinajstić information content (AvgIpc) is 2.55. The lowest BCUT2D eigenvalue weighted by molar-refractivity contribution is 0.599. The molecule has 0 amide bonds. The zero-order valence-electron chi connectivity index (χ0n) is 13.5. The molecule has 25 heavy (non-hydrogen) atoms. The van der Waals surface area contributed by atoms with Crippen molar-refractivity contribution in [1.29, 1.82) is 0 Å². The molecule has 0 fully saturated rings. The molecule has 2 rings (SSSR count). The second-order valence-corrected chi connectivity index (χ2v) is 7.46. The van der Waals surface area contributed by atoms with Gasteiger partial charge in [-0.2, -0.15) is 0 Å². The second kappa shape index (κ2) is 8.09. The summed E-state index contributed by atoms with van der Waals surface area (Å²) in [7, 11) is -3.85. The van der Waals surface area contributed by atoms with Crippen LogP contribution in [0.3, 0.4) is 0 Å². The van der Waals surface area contributed by atoms with E-state index < -0.39 is 15.8 Å². The minimum absolute atomic E-state index is 0.0355. The lowest BCUT2D eigenvalue weighted by atomic mass is 10.3. The van der Waals surface area contributed by atoms with E-state index in [9.17, 15) is 12.8 Å². The first-order valence-corrected chi connectivity index (χ1v) is 9.24. The number of halogens is 1. The number of hydrogen-bond acceptors (Lipinski definition) is 3. The molecule has 8 heteroatoms. The third kappa shape index (κ3) is 5.54. The van der Waals surface area contributed by atoms with Crippen molar-refractivity contribution in [2.75, 3.05) is 16.6 Å². The number of para-hydroxylation sites is 2. The highest BCUT2D eigenvalue weighted by Gasteiger charge is 2.16. The summed E-state index contributed by atoms with van der Waals surface area (Å²) in [6, 6.07) is 11.3. The molecule has 0 radical (unpaired) electrons. The lowest BCUT2D eigenvalue weighted by Gasteiger charge is -2.15. The van der Waals surface area contributed by atoms with E-state index in [0.717, 1.165) is 17.7 Å². The zero-order chi connectivity index (χ0) is 18.4. The van der Waals surface area contributed by atoms with Crippen LogP contribution >= 0.6 is 12.2 Å². The highest BCUT2D eigenvalue weighted by Crippen LogP contribution is 2.24. The molecule has 0 aromatic heterocycles. The van der Waals surface area contributed by atoms with E-state index in [1.165, 1.54) is 12.1 Å². The van der Waals surface area contributed by atoms with Gasteiger partial charge in [0.05, 0.1) is 16.3 Å². The minimum atomic E-state index is -3.85. The van der Waals surface area contributed by atoms with Gasteiger partial charge < -0.3 is 10.6 Å². The van der Waals surface area contributed by atoms with E-state index in [-0.39, 0.29) is 4.90 Å². The zero-order valence-corrected chi connectivity index (χ0v) is 15.2. The van der Waals surface area contributed by atoms with Gasteiger partial charge in [-0.3, -0.25) is 4.72 Å². The maximum absolute atomic E-state index is 13.0. The number of rotatable bonds is 6. The first-order valence-electron chi connectivity index (χ1n) is 7.34. The Balaban J connectivity index is 2.18. The fourth-order valence-electron chi connectivity index (χ4n) is 1.90. The van der Waals surface area contributed by atoms with Crippen molar-refractivity contribution in [3.05, 3.63) is 66.5 Å². The number of anilines is 2. The summed E-state index contributed by atoms with van der Waals surface area (Å²) in [5, 5.41) is 6.25. The molecule has 0 aliphatic rings. The number of benzene rings is 2. The van der Waals surface area contributed by atoms with Gasteiger partial charge in [-0.25, -0.2) is 12.8 Å². The van der Waals surface area contributed by atoms with E-state index in [1.54, 1.807) is 24.3 Å². The van der Waals surface area contributed by atoms with Crippen molar-refractivity contribution < 1.29 is 12.8 Å². The normalized spacial score (nSPS) is 10.8. The molecule has 0 atom stereocenters. The molecular formula is C17H18FN3O2S2. The van der Waals surface area contributed by atoms with Crippen LogP contribution in [0.5, 0.6) is 0 Å². The standard InChI is InChI=1S/C17H18FN3O2S2/c1-12(2)11-19-17(24)20-15-5-3-4-6-16(15)21-25(22,23)14-9-7-13(18)8-10-14/h3-10,21H,1,11H2,2H3,(H2,19,20,24). The van der Waals surface area contributed by atoms with Crippen molar-refractivity contribution in [1.82, 2.24) is 5.32 Å². The van der Waals surface area contributed by atoms with Gasteiger partial charge in [0.15, 0.2) is 5.11 Å². The molecule has 0 saturated carbocycles. The van der Waals surface area contributed by atoms with Crippen LogP contribution in [0.4, 0.5) is 15.8 Å². The maximum atomic E-state index is 13.0. The molecule has 0 saturated heterocycles. The fraction of sp³-hybridized carbons (Fsp3) is 0.118. The Morgan fingerprint density at radius 3 is 2.32 bits per heavy atom. The molecule has 0 unspecified atom stereocenters. The van der Waals surface area contributed by atoms with Gasteiger partial charge in [-0.15, -0.1) is 0 Å². The minimum Gasteiger partial charge on any atom is -0.359 e. The van der Waals surface area contributed by atoms with Crippen LogP contribution in [0.25, 0.3) is 0 Å². The largest absolute Gasteiger partial charge is 0.359 e. The van der Waals surface area contributed by atoms with Gasteiger partial charge in [-0.1, -0.05) is 24.3 Å². The summed E-state index contributed by atoms with van der Waals surface area (Å²) in [4.78, 5) is -0.0355. The highest BCUT2D eigenvalue weighted by atomic mass is 32.2. The first-order chi connectivity index (χ1) is 11.8. The lowest BCUT2D eigenvalue weighted by Crippen LogP contribution is -2.30. The Morgan fingerprint density at radius 1 is 1.12 bits per heavy atom. The molecular weight excluding hydrogens is 361 g/mol. The molecule has 0 heterocycles. The second-order valence-electron chi connectivity index (χ2n) is 5.37. The Kier molecular flexibility index (Phi) is 6.11. The van der Waals surface area contributed by atoms with E-state index in [4.69, 9.17) is 12.2 Å². The summed E-state index contributed by atoms with van der Waals surface area (Å²) in [6.07, 6.45) is 0.